The molecule has 0 saturated heterocycles. The monoisotopic (exact) mass is 300 g/mol. The third-order valence-electron chi connectivity index (χ3n) is 3.10. The van der Waals surface area contributed by atoms with Gasteiger partial charge in [-0.25, -0.2) is 5.43 Å². The van der Waals surface area contributed by atoms with Gasteiger partial charge in [0.1, 0.15) is 5.75 Å². The van der Waals surface area contributed by atoms with E-state index >= 15 is 0 Å². The SMILES string of the molecule is Cc1ccc(C(C)C)c(OCC(=O)N/N=C/c2ccoc2)c1. The maximum Gasteiger partial charge on any atom is 0.277 e. The van der Waals surface area contributed by atoms with Gasteiger partial charge in [-0.3, -0.25) is 4.79 Å². The lowest BCUT2D eigenvalue weighted by Crippen LogP contribution is -2.24. The molecule has 0 aliphatic heterocycles. The van der Waals surface area contributed by atoms with Crippen LogP contribution in [0.2, 0.25) is 0 Å². The zero-order valence-electron chi connectivity index (χ0n) is 13.0. The second kappa shape index (κ2) is 7.45. The Kier molecular flexibility index (Phi) is 5.36. The first-order valence-electron chi connectivity index (χ1n) is 7.13. The van der Waals surface area contributed by atoms with Crippen LogP contribution in [0.15, 0.2) is 46.3 Å². The molecule has 1 aromatic carbocycles. The predicted octanol–water partition coefficient (Wildman–Crippen LogP) is 3.24. The Balaban J connectivity index is 1.89. The van der Waals surface area contributed by atoms with E-state index in [9.17, 15) is 4.79 Å². The number of hydrogen-bond donors (Lipinski definition) is 1. The summed E-state index contributed by atoms with van der Waals surface area (Å²) >= 11 is 0. The summed E-state index contributed by atoms with van der Waals surface area (Å²) in [6.07, 6.45) is 4.58. The Labute approximate surface area is 130 Å². The Morgan fingerprint density at radius 2 is 2.23 bits per heavy atom. The summed E-state index contributed by atoms with van der Waals surface area (Å²) in [6.45, 7) is 6.09. The first kappa shape index (κ1) is 15.8. The first-order valence-corrected chi connectivity index (χ1v) is 7.13. The number of benzene rings is 1. The largest absolute Gasteiger partial charge is 0.483 e. The minimum Gasteiger partial charge on any atom is -0.483 e. The van der Waals surface area contributed by atoms with Gasteiger partial charge in [0.05, 0.1) is 18.7 Å². The van der Waals surface area contributed by atoms with Crippen LogP contribution in [0.3, 0.4) is 0 Å². The second-order valence-electron chi connectivity index (χ2n) is 5.33. The van der Waals surface area contributed by atoms with Gasteiger partial charge in [-0.2, -0.15) is 5.10 Å². The van der Waals surface area contributed by atoms with Gasteiger partial charge in [0, 0.05) is 5.56 Å². The molecule has 1 aromatic heterocycles. The molecule has 5 heteroatoms. The van der Waals surface area contributed by atoms with E-state index in [1.165, 1.54) is 18.7 Å². The molecule has 1 amide bonds. The minimum atomic E-state index is -0.309. The number of nitrogens with one attached hydrogen (secondary N) is 1. The fraction of sp³-hybridized carbons (Fsp3) is 0.294. The minimum absolute atomic E-state index is 0.0775. The molecule has 2 aromatic rings. The van der Waals surface area contributed by atoms with E-state index < -0.39 is 0 Å². The van der Waals surface area contributed by atoms with Crippen molar-refractivity contribution in [3.8, 4) is 5.75 Å². The summed E-state index contributed by atoms with van der Waals surface area (Å²) < 4.78 is 10.5. The van der Waals surface area contributed by atoms with Gasteiger partial charge < -0.3 is 9.15 Å². The van der Waals surface area contributed by atoms with Gasteiger partial charge in [0.25, 0.3) is 5.91 Å². The normalized spacial score (nSPS) is 11.1. The average Bonchev–Trinajstić information content (AvgIpc) is 2.98. The van der Waals surface area contributed by atoms with Crippen LogP contribution in [-0.4, -0.2) is 18.7 Å². The van der Waals surface area contributed by atoms with Crippen molar-refractivity contribution < 1.29 is 13.9 Å². The number of hydrogen-bond acceptors (Lipinski definition) is 4. The topological polar surface area (TPSA) is 63.8 Å². The number of carbonyl (C=O) groups excluding carboxylic acids is 1. The van der Waals surface area contributed by atoms with E-state index in [1.54, 1.807) is 6.07 Å². The summed E-state index contributed by atoms with van der Waals surface area (Å²) in [7, 11) is 0. The number of nitrogens with zero attached hydrogens (tertiary/aromatic N) is 1. The fourth-order valence-corrected chi connectivity index (χ4v) is 1.95. The molecular weight excluding hydrogens is 280 g/mol. The lowest BCUT2D eigenvalue weighted by Gasteiger charge is -2.14. The van der Waals surface area contributed by atoms with Crippen molar-refractivity contribution in [1.82, 2.24) is 5.43 Å². The van der Waals surface area contributed by atoms with Crippen LogP contribution in [0.25, 0.3) is 0 Å². The number of amides is 1. The van der Waals surface area contributed by atoms with Crippen LogP contribution in [0, 0.1) is 6.92 Å². The molecule has 0 bridgehead atoms. The van der Waals surface area contributed by atoms with Crippen molar-refractivity contribution in [2.75, 3.05) is 6.61 Å². The van der Waals surface area contributed by atoms with Gasteiger partial charge >= 0.3 is 0 Å². The first-order chi connectivity index (χ1) is 10.6. The van der Waals surface area contributed by atoms with Crippen LogP contribution in [0.1, 0.15) is 36.5 Å². The van der Waals surface area contributed by atoms with Gasteiger partial charge in [-0.1, -0.05) is 26.0 Å². The molecule has 0 aliphatic rings. The third-order valence-corrected chi connectivity index (χ3v) is 3.10. The molecule has 0 spiro atoms. The molecule has 1 N–H and O–H groups in total. The molecule has 0 radical (unpaired) electrons. The molecule has 22 heavy (non-hydrogen) atoms. The molecule has 0 unspecified atom stereocenters. The highest BCUT2D eigenvalue weighted by molar-refractivity contribution is 5.82. The van der Waals surface area contributed by atoms with E-state index in [-0.39, 0.29) is 12.5 Å². The summed E-state index contributed by atoms with van der Waals surface area (Å²) in [5.41, 5.74) is 5.38. The van der Waals surface area contributed by atoms with Crippen molar-refractivity contribution >= 4 is 12.1 Å². The number of carbonyl (C=O) groups is 1. The molecule has 2 rings (SSSR count). The molecule has 5 nitrogen and oxygen atoms in total. The van der Waals surface area contributed by atoms with Crippen LogP contribution in [-0.2, 0) is 4.79 Å². The van der Waals surface area contributed by atoms with Crippen LogP contribution < -0.4 is 10.2 Å². The summed E-state index contributed by atoms with van der Waals surface area (Å²) in [4.78, 5) is 11.7. The zero-order valence-corrected chi connectivity index (χ0v) is 13.0. The Bertz CT molecular complexity index is 646. The lowest BCUT2D eigenvalue weighted by atomic mass is 10.0. The Morgan fingerprint density at radius 3 is 2.91 bits per heavy atom. The molecular formula is C17H20N2O3. The third kappa shape index (κ3) is 4.48. The Hall–Kier alpha value is -2.56. The van der Waals surface area contributed by atoms with Gasteiger partial charge in [-0.15, -0.1) is 0 Å². The maximum atomic E-state index is 11.7. The highest BCUT2D eigenvalue weighted by Crippen LogP contribution is 2.27. The highest BCUT2D eigenvalue weighted by atomic mass is 16.5. The Morgan fingerprint density at radius 1 is 1.41 bits per heavy atom. The summed E-state index contributed by atoms with van der Waals surface area (Å²) in [6, 6.07) is 7.76. The van der Waals surface area contributed by atoms with Gasteiger partial charge in [-0.05, 0) is 36.1 Å². The fourth-order valence-electron chi connectivity index (χ4n) is 1.95. The van der Waals surface area contributed by atoms with Gasteiger partial charge in [0.15, 0.2) is 6.61 Å². The molecule has 0 aliphatic carbocycles. The summed E-state index contributed by atoms with van der Waals surface area (Å²) in [5.74, 6) is 0.762. The number of ether oxygens (including phenoxy) is 1. The van der Waals surface area contributed by atoms with E-state index in [2.05, 4.69) is 24.4 Å². The zero-order chi connectivity index (χ0) is 15.9. The lowest BCUT2D eigenvalue weighted by molar-refractivity contribution is -0.123. The van der Waals surface area contributed by atoms with Crippen LogP contribution in [0.4, 0.5) is 0 Å². The van der Waals surface area contributed by atoms with Crippen LogP contribution in [0.5, 0.6) is 5.75 Å². The van der Waals surface area contributed by atoms with E-state index in [0.717, 1.165) is 22.4 Å². The molecule has 116 valence electrons. The van der Waals surface area contributed by atoms with E-state index in [4.69, 9.17) is 9.15 Å². The standard InChI is InChI=1S/C17H20N2O3/c1-12(2)15-5-4-13(3)8-16(15)22-11-17(20)19-18-9-14-6-7-21-10-14/h4-10,12H,11H2,1-3H3,(H,19,20)/b18-9+. The van der Waals surface area contributed by atoms with Crippen LogP contribution >= 0.6 is 0 Å². The number of rotatable bonds is 6. The van der Waals surface area contributed by atoms with Crippen molar-refractivity contribution in [3.05, 3.63) is 53.5 Å². The van der Waals surface area contributed by atoms with Crippen molar-refractivity contribution in [2.45, 2.75) is 26.7 Å². The quantitative estimate of drug-likeness (QED) is 0.658. The van der Waals surface area contributed by atoms with E-state index in [0.29, 0.717) is 5.92 Å². The highest BCUT2D eigenvalue weighted by Gasteiger charge is 2.09. The van der Waals surface area contributed by atoms with Crippen molar-refractivity contribution in [2.24, 2.45) is 5.10 Å². The van der Waals surface area contributed by atoms with E-state index in [1.807, 2.05) is 25.1 Å². The molecule has 0 fully saturated rings. The average molecular weight is 300 g/mol. The van der Waals surface area contributed by atoms with Crippen molar-refractivity contribution in [1.29, 1.82) is 0 Å². The summed E-state index contributed by atoms with van der Waals surface area (Å²) in [5, 5.41) is 3.84. The predicted molar refractivity (Wildman–Crippen MR) is 85.2 cm³/mol. The smallest absolute Gasteiger partial charge is 0.277 e. The maximum absolute atomic E-state index is 11.7. The number of furan rings is 1. The second-order valence-corrected chi connectivity index (χ2v) is 5.33. The molecule has 0 atom stereocenters. The van der Waals surface area contributed by atoms with Gasteiger partial charge in [0.2, 0.25) is 0 Å². The molecule has 1 heterocycles. The van der Waals surface area contributed by atoms with Crippen molar-refractivity contribution in [3.63, 3.8) is 0 Å². The molecule has 0 saturated carbocycles. The number of aryl methyl sites for hydroxylation is 1. The number of hydrazone groups is 1.